The van der Waals surface area contributed by atoms with Crippen LogP contribution in [0.2, 0.25) is 0 Å². The number of unbranched alkanes of at least 4 members (excludes halogenated alkanes) is 3. The number of aromatic nitrogens is 1. The van der Waals surface area contributed by atoms with Crippen LogP contribution >= 0.6 is 11.3 Å². The van der Waals surface area contributed by atoms with E-state index in [9.17, 15) is 9.90 Å². The number of carbonyl (C=O) groups is 1. The molecule has 0 amide bonds. The molecular weight excluding hydrogens is 352 g/mol. The molecule has 0 unspecified atom stereocenters. The van der Waals surface area contributed by atoms with Gasteiger partial charge in [0.05, 0.1) is 19.4 Å². The van der Waals surface area contributed by atoms with E-state index in [4.69, 9.17) is 9.47 Å². The summed E-state index contributed by atoms with van der Waals surface area (Å²) in [7, 11) is 1.63. The first kappa shape index (κ1) is 20.0. The van der Waals surface area contributed by atoms with Crippen molar-refractivity contribution in [3.05, 3.63) is 34.8 Å². The number of carbonyl (C=O) groups excluding carboxylic acids is 1. The number of carboxylic acid groups (broad SMARTS) is 1. The Morgan fingerprint density at radius 3 is 2.85 bits per heavy atom. The van der Waals surface area contributed by atoms with Gasteiger partial charge in [0.15, 0.2) is 16.6 Å². The van der Waals surface area contributed by atoms with Crippen LogP contribution in [0.15, 0.2) is 23.6 Å². The van der Waals surface area contributed by atoms with Crippen LogP contribution in [-0.4, -0.2) is 24.7 Å². The van der Waals surface area contributed by atoms with Gasteiger partial charge in [0.25, 0.3) is 0 Å². The number of thiazole rings is 1. The lowest BCUT2D eigenvalue weighted by atomic mass is 10.2. The number of ether oxygens (including phenoxy) is 2. The molecule has 1 aromatic heterocycles. The number of rotatable bonds is 12. The number of hydrogen-bond donors (Lipinski definition) is 1. The molecule has 0 aliphatic rings. The van der Waals surface area contributed by atoms with E-state index in [1.54, 1.807) is 12.5 Å². The Balaban J connectivity index is 1.87. The van der Waals surface area contributed by atoms with Crippen molar-refractivity contribution in [3.8, 4) is 11.5 Å². The molecular formula is C19H25N2O4S-. The van der Waals surface area contributed by atoms with Crippen molar-refractivity contribution in [2.24, 2.45) is 0 Å². The summed E-state index contributed by atoms with van der Waals surface area (Å²) >= 11 is 1.37. The third-order valence-electron chi connectivity index (χ3n) is 3.80. The van der Waals surface area contributed by atoms with Crippen LogP contribution in [0.3, 0.4) is 0 Å². The van der Waals surface area contributed by atoms with Crippen molar-refractivity contribution in [1.29, 1.82) is 0 Å². The lowest BCUT2D eigenvalue weighted by Gasteiger charge is -2.12. The van der Waals surface area contributed by atoms with Gasteiger partial charge in [-0.1, -0.05) is 32.3 Å². The predicted octanol–water partition coefficient (Wildman–Crippen LogP) is 3.02. The number of carboxylic acids is 1. The number of nitrogens with one attached hydrogen (secondary N) is 1. The van der Waals surface area contributed by atoms with Crippen molar-refractivity contribution in [3.63, 3.8) is 0 Å². The molecule has 0 bridgehead atoms. The minimum Gasteiger partial charge on any atom is -0.550 e. The number of anilines is 1. The first-order valence-corrected chi connectivity index (χ1v) is 9.68. The molecule has 2 aromatic rings. The van der Waals surface area contributed by atoms with E-state index in [-0.39, 0.29) is 6.42 Å². The van der Waals surface area contributed by atoms with Gasteiger partial charge in [0, 0.05) is 24.3 Å². The molecule has 0 fully saturated rings. The second-order valence-electron chi connectivity index (χ2n) is 5.94. The zero-order chi connectivity index (χ0) is 18.8. The Bertz CT molecular complexity index is 703. The molecule has 1 heterocycles. The molecule has 0 aliphatic carbocycles. The second kappa shape index (κ2) is 10.7. The highest BCUT2D eigenvalue weighted by Crippen LogP contribution is 2.29. The highest BCUT2D eigenvalue weighted by atomic mass is 32.1. The van der Waals surface area contributed by atoms with Gasteiger partial charge in [0.2, 0.25) is 0 Å². The highest BCUT2D eigenvalue weighted by Gasteiger charge is 2.07. The summed E-state index contributed by atoms with van der Waals surface area (Å²) in [6.07, 6.45) is 4.48. The number of methoxy groups -OCH3 is 1. The number of hydrogen-bond acceptors (Lipinski definition) is 7. The zero-order valence-corrected chi connectivity index (χ0v) is 16.1. The lowest BCUT2D eigenvalue weighted by molar-refractivity contribution is -0.304. The fourth-order valence-corrected chi connectivity index (χ4v) is 3.16. The standard InChI is InChI=1S/C19H26N2O4S/c1-3-4-5-6-9-25-16-8-7-14(10-17(16)24-2)12-20-19-21-15(13-26-19)11-18(22)23/h7-8,10,13H,3-6,9,11-12H2,1-2H3,(H,20,21)(H,22,23)/p-1. The quantitative estimate of drug-likeness (QED) is 0.573. The minimum atomic E-state index is -1.13. The predicted molar refractivity (Wildman–Crippen MR) is 101 cm³/mol. The van der Waals surface area contributed by atoms with Gasteiger partial charge < -0.3 is 24.7 Å². The Labute approximate surface area is 158 Å². The molecule has 0 atom stereocenters. The van der Waals surface area contributed by atoms with E-state index < -0.39 is 5.97 Å². The van der Waals surface area contributed by atoms with Crippen LogP contribution in [0.25, 0.3) is 0 Å². The summed E-state index contributed by atoms with van der Waals surface area (Å²) in [5.74, 6) is 0.326. The van der Waals surface area contributed by atoms with Gasteiger partial charge >= 0.3 is 0 Å². The Hall–Kier alpha value is -2.28. The van der Waals surface area contributed by atoms with Gasteiger partial charge in [-0.05, 0) is 24.1 Å². The van der Waals surface area contributed by atoms with Gasteiger partial charge in [-0.15, -0.1) is 11.3 Å². The SMILES string of the molecule is CCCCCCOc1ccc(CNc2nc(CC(=O)[O-])cs2)cc1OC. The van der Waals surface area contributed by atoms with E-state index in [2.05, 4.69) is 17.2 Å². The zero-order valence-electron chi connectivity index (χ0n) is 15.2. The lowest BCUT2D eigenvalue weighted by Crippen LogP contribution is -2.24. The maximum atomic E-state index is 10.6. The molecule has 1 N–H and O–H groups in total. The minimum absolute atomic E-state index is 0.170. The third-order valence-corrected chi connectivity index (χ3v) is 4.65. The highest BCUT2D eigenvalue weighted by molar-refractivity contribution is 7.13. The Morgan fingerprint density at radius 2 is 2.12 bits per heavy atom. The summed E-state index contributed by atoms with van der Waals surface area (Å²) in [5, 5.41) is 16.2. The van der Waals surface area contributed by atoms with Gasteiger partial charge in [0.1, 0.15) is 0 Å². The van der Waals surface area contributed by atoms with E-state index in [0.29, 0.717) is 29.7 Å². The maximum Gasteiger partial charge on any atom is 0.183 e. The molecule has 0 saturated heterocycles. The fourth-order valence-electron chi connectivity index (χ4n) is 2.45. The Kier molecular flexibility index (Phi) is 8.21. The molecule has 142 valence electrons. The van der Waals surface area contributed by atoms with E-state index in [0.717, 1.165) is 17.7 Å². The fraction of sp³-hybridized carbons (Fsp3) is 0.474. The van der Waals surface area contributed by atoms with Crippen molar-refractivity contribution in [1.82, 2.24) is 4.98 Å². The number of aliphatic carboxylic acids is 1. The summed E-state index contributed by atoms with van der Waals surface area (Å²) in [6.45, 7) is 3.44. The summed E-state index contributed by atoms with van der Waals surface area (Å²) < 4.78 is 11.2. The first-order chi connectivity index (χ1) is 12.6. The largest absolute Gasteiger partial charge is 0.550 e. The molecule has 26 heavy (non-hydrogen) atoms. The molecule has 0 aliphatic heterocycles. The van der Waals surface area contributed by atoms with Gasteiger partial charge in [-0.3, -0.25) is 0 Å². The molecule has 7 heteroatoms. The van der Waals surface area contributed by atoms with Crippen LogP contribution in [0.5, 0.6) is 11.5 Å². The van der Waals surface area contributed by atoms with E-state index in [1.165, 1.54) is 30.6 Å². The monoisotopic (exact) mass is 377 g/mol. The molecule has 0 spiro atoms. The average molecular weight is 377 g/mol. The topological polar surface area (TPSA) is 83.5 Å². The van der Waals surface area contributed by atoms with Crippen molar-refractivity contribution < 1.29 is 19.4 Å². The normalized spacial score (nSPS) is 10.5. The van der Waals surface area contributed by atoms with Crippen LogP contribution in [0.4, 0.5) is 5.13 Å². The summed E-state index contributed by atoms with van der Waals surface area (Å²) in [4.78, 5) is 14.8. The molecule has 0 radical (unpaired) electrons. The molecule has 1 aromatic carbocycles. The van der Waals surface area contributed by atoms with Gasteiger partial charge in [-0.25, -0.2) is 4.98 Å². The van der Waals surface area contributed by atoms with Crippen LogP contribution in [-0.2, 0) is 17.8 Å². The smallest absolute Gasteiger partial charge is 0.183 e. The van der Waals surface area contributed by atoms with Crippen molar-refractivity contribution in [2.45, 2.75) is 45.6 Å². The van der Waals surface area contributed by atoms with Crippen LogP contribution in [0, 0.1) is 0 Å². The van der Waals surface area contributed by atoms with Crippen molar-refractivity contribution >= 4 is 22.4 Å². The van der Waals surface area contributed by atoms with Crippen molar-refractivity contribution in [2.75, 3.05) is 19.0 Å². The Morgan fingerprint density at radius 1 is 1.27 bits per heavy atom. The maximum absolute atomic E-state index is 10.6. The van der Waals surface area contributed by atoms with Crippen LogP contribution < -0.4 is 19.9 Å². The summed E-state index contributed by atoms with van der Waals surface area (Å²) in [6, 6.07) is 5.83. The van der Waals surface area contributed by atoms with E-state index in [1.807, 2.05) is 18.2 Å². The van der Waals surface area contributed by atoms with Crippen LogP contribution in [0.1, 0.15) is 43.9 Å². The van der Waals surface area contributed by atoms with E-state index >= 15 is 0 Å². The van der Waals surface area contributed by atoms with Gasteiger partial charge in [-0.2, -0.15) is 0 Å². The summed E-state index contributed by atoms with van der Waals surface area (Å²) in [5.41, 5.74) is 1.53. The number of benzene rings is 1. The molecule has 0 saturated carbocycles. The number of nitrogens with zero attached hydrogens (tertiary/aromatic N) is 1. The molecule has 6 nitrogen and oxygen atoms in total. The second-order valence-corrected chi connectivity index (χ2v) is 6.80. The average Bonchev–Trinajstić information content (AvgIpc) is 3.07. The third kappa shape index (κ3) is 6.55. The molecule has 2 rings (SSSR count). The first-order valence-electron chi connectivity index (χ1n) is 8.80.